The van der Waals surface area contributed by atoms with Crippen molar-refractivity contribution in [3.05, 3.63) is 47.5 Å². The molecule has 1 aromatic rings. The van der Waals surface area contributed by atoms with Crippen LogP contribution in [0.1, 0.15) is 12.5 Å². The van der Waals surface area contributed by atoms with E-state index in [0.717, 1.165) is 5.56 Å². The maximum absolute atomic E-state index is 12.0. The average molecular weight is 348 g/mol. The first-order chi connectivity index (χ1) is 11.9. The summed E-state index contributed by atoms with van der Waals surface area (Å²) in [7, 11) is 1.18. The molecular weight excluding hydrogens is 328 g/mol. The molecule has 3 N–H and O–H groups in total. The van der Waals surface area contributed by atoms with Crippen LogP contribution in [0.2, 0.25) is 0 Å². The SMILES string of the molecule is COC(=O)C1=C[C@H](NC(=O)OCc2ccccc2)[C@@H](NC(C)=O)[C@H]1O. The minimum atomic E-state index is -1.30. The molecule has 0 heterocycles. The Morgan fingerprint density at radius 2 is 1.84 bits per heavy atom. The Labute approximate surface area is 144 Å². The molecule has 8 nitrogen and oxygen atoms in total. The number of aliphatic hydroxyl groups is 1. The smallest absolute Gasteiger partial charge is 0.408 e. The van der Waals surface area contributed by atoms with Gasteiger partial charge in [0, 0.05) is 6.92 Å². The standard InChI is InChI=1S/C17H20N2O6/c1-10(20)18-14-13(8-12(15(14)21)16(22)24-2)19-17(23)25-9-11-6-4-3-5-7-11/h3-8,13-15,21H,9H2,1-2H3,(H,18,20)(H,19,23)/t13-,14+,15-/m0/s1. The van der Waals surface area contributed by atoms with Gasteiger partial charge < -0.3 is 25.2 Å². The van der Waals surface area contributed by atoms with Gasteiger partial charge in [-0.05, 0) is 11.6 Å². The molecule has 0 fully saturated rings. The molecule has 2 rings (SSSR count). The highest BCUT2D eigenvalue weighted by Crippen LogP contribution is 2.22. The van der Waals surface area contributed by atoms with E-state index in [0.29, 0.717) is 0 Å². The van der Waals surface area contributed by atoms with Crippen LogP contribution in [-0.2, 0) is 25.7 Å². The fourth-order valence-electron chi connectivity index (χ4n) is 2.53. The van der Waals surface area contributed by atoms with Gasteiger partial charge in [0.05, 0.1) is 24.8 Å². The highest BCUT2D eigenvalue weighted by molar-refractivity contribution is 5.91. The van der Waals surface area contributed by atoms with Gasteiger partial charge in [0.25, 0.3) is 0 Å². The summed E-state index contributed by atoms with van der Waals surface area (Å²) >= 11 is 0. The Morgan fingerprint density at radius 3 is 2.44 bits per heavy atom. The van der Waals surface area contributed by atoms with E-state index < -0.39 is 36.2 Å². The number of amides is 2. The third-order valence-corrected chi connectivity index (χ3v) is 3.69. The predicted octanol–water partition coefficient (Wildman–Crippen LogP) is 0.260. The monoisotopic (exact) mass is 348 g/mol. The van der Waals surface area contributed by atoms with Gasteiger partial charge in [0.1, 0.15) is 12.7 Å². The van der Waals surface area contributed by atoms with Crippen molar-refractivity contribution in [1.82, 2.24) is 10.6 Å². The van der Waals surface area contributed by atoms with Crippen molar-refractivity contribution in [3.8, 4) is 0 Å². The number of rotatable bonds is 5. The lowest BCUT2D eigenvalue weighted by Gasteiger charge is -2.24. The number of hydrogen-bond acceptors (Lipinski definition) is 6. The molecule has 3 atom stereocenters. The molecule has 1 aliphatic rings. The highest BCUT2D eigenvalue weighted by Gasteiger charge is 2.41. The number of aliphatic hydroxyl groups excluding tert-OH is 1. The van der Waals surface area contributed by atoms with Gasteiger partial charge in [-0.3, -0.25) is 4.79 Å². The molecule has 1 aromatic carbocycles. The van der Waals surface area contributed by atoms with Crippen LogP contribution < -0.4 is 10.6 Å². The molecule has 1 aliphatic carbocycles. The van der Waals surface area contributed by atoms with Crippen LogP contribution in [0.3, 0.4) is 0 Å². The van der Waals surface area contributed by atoms with Crippen molar-refractivity contribution in [2.45, 2.75) is 31.7 Å². The van der Waals surface area contributed by atoms with Crippen molar-refractivity contribution in [1.29, 1.82) is 0 Å². The lowest BCUT2D eigenvalue weighted by atomic mass is 10.1. The molecule has 2 amide bonds. The second kappa shape index (κ2) is 8.29. The predicted molar refractivity (Wildman–Crippen MR) is 87.3 cm³/mol. The van der Waals surface area contributed by atoms with E-state index in [-0.39, 0.29) is 12.2 Å². The molecule has 0 aliphatic heterocycles. The van der Waals surface area contributed by atoms with Crippen molar-refractivity contribution in [3.63, 3.8) is 0 Å². The van der Waals surface area contributed by atoms with Crippen molar-refractivity contribution < 1.29 is 29.0 Å². The quantitative estimate of drug-likeness (QED) is 0.658. The average Bonchev–Trinajstić information content (AvgIpc) is 2.89. The Hall–Kier alpha value is -2.87. The maximum Gasteiger partial charge on any atom is 0.408 e. The number of benzene rings is 1. The summed E-state index contributed by atoms with van der Waals surface area (Å²) in [5.41, 5.74) is 0.780. The van der Waals surface area contributed by atoms with E-state index >= 15 is 0 Å². The van der Waals surface area contributed by atoms with Crippen LogP contribution in [0.5, 0.6) is 0 Å². The van der Waals surface area contributed by atoms with Gasteiger partial charge in [-0.15, -0.1) is 0 Å². The van der Waals surface area contributed by atoms with Gasteiger partial charge in [0.2, 0.25) is 5.91 Å². The van der Waals surface area contributed by atoms with Gasteiger partial charge in [-0.25, -0.2) is 9.59 Å². The normalized spacial score (nSPS) is 21.9. The zero-order chi connectivity index (χ0) is 18.4. The van der Waals surface area contributed by atoms with Gasteiger partial charge in [-0.2, -0.15) is 0 Å². The van der Waals surface area contributed by atoms with E-state index in [4.69, 9.17) is 4.74 Å². The van der Waals surface area contributed by atoms with E-state index in [1.165, 1.54) is 20.1 Å². The molecule has 0 unspecified atom stereocenters. The number of methoxy groups -OCH3 is 1. The second-order valence-corrected chi connectivity index (χ2v) is 5.52. The molecule has 0 bridgehead atoms. The van der Waals surface area contributed by atoms with Crippen molar-refractivity contribution >= 4 is 18.0 Å². The summed E-state index contributed by atoms with van der Waals surface area (Å²) in [6.07, 6.45) is -0.685. The van der Waals surface area contributed by atoms with Crippen LogP contribution >= 0.6 is 0 Å². The van der Waals surface area contributed by atoms with E-state index in [9.17, 15) is 19.5 Å². The topological polar surface area (TPSA) is 114 Å². The minimum absolute atomic E-state index is 0.0328. The molecule has 0 spiro atoms. The number of nitrogens with one attached hydrogen (secondary N) is 2. The third kappa shape index (κ3) is 4.80. The molecule has 134 valence electrons. The van der Waals surface area contributed by atoms with Crippen molar-refractivity contribution in [2.24, 2.45) is 0 Å². The Balaban J connectivity index is 2.02. The molecular formula is C17H20N2O6. The van der Waals surface area contributed by atoms with Crippen LogP contribution in [0, 0.1) is 0 Å². The van der Waals surface area contributed by atoms with Crippen molar-refractivity contribution in [2.75, 3.05) is 7.11 Å². The van der Waals surface area contributed by atoms with E-state index in [1.807, 2.05) is 30.3 Å². The Morgan fingerprint density at radius 1 is 1.16 bits per heavy atom. The number of esters is 1. The number of carbonyl (C=O) groups is 3. The molecule has 0 saturated carbocycles. The first kappa shape index (κ1) is 18.5. The Bertz CT molecular complexity index is 673. The fourth-order valence-corrected chi connectivity index (χ4v) is 2.53. The number of hydrogen-bond donors (Lipinski definition) is 3. The fraction of sp³-hybridized carbons (Fsp3) is 0.353. The molecule has 25 heavy (non-hydrogen) atoms. The molecule has 0 saturated heterocycles. The third-order valence-electron chi connectivity index (χ3n) is 3.69. The summed E-state index contributed by atoms with van der Waals surface area (Å²) in [5.74, 6) is -1.14. The zero-order valence-corrected chi connectivity index (χ0v) is 13.9. The number of ether oxygens (including phenoxy) is 2. The van der Waals surface area contributed by atoms with E-state index in [2.05, 4.69) is 15.4 Å². The maximum atomic E-state index is 12.0. The van der Waals surface area contributed by atoms with Crippen LogP contribution in [0.25, 0.3) is 0 Å². The number of carbonyl (C=O) groups excluding carboxylic acids is 3. The Kier molecular flexibility index (Phi) is 6.13. The first-order valence-electron chi connectivity index (χ1n) is 7.64. The van der Waals surface area contributed by atoms with Crippen LogP contribution in [0.4, 0.5) is 4.79 Å². The summed E-state index contributed by atoms with van der Waals surface area (Å²) in [4.78, 5) is 35.0. The molecule has 0 radical (unpaired) electrons. The molecule has 8 heteroatoms. The summed E-state index contributed by atoms with van der Waals surface area (Å²) < 4.78 is 9.70. The number of alkyl carbamates (subject to hydrolysis) is 1. The largest absolute Gasteiger partial charge is 0.466 e. The minimum Gasteiger partial charge on any atom is -0.466 e. The van der Waals surface area contributed by atoms with Gasteiger partial charge >= 0.3 is 12.1 Å². The lowest BCUT2D eigenvalue weighted by molar-refractivity contribution is -0.137. The summed E-state index contributed by atoms with van der Waals surface area (Å²) in [6, 6.07) is 7.40. The van der Waals surface area contributed by atoms with Gasteiger partial charge in [0.15, 0.2) is 0 Å². The lowest BCUT2D eigenvalue weighted by Crippen LogP contribution is -2.53. The first-order valence-corrected chi connectivity index (χ1v) is 7.64. The summed E-state index contributed by atoms with van der Waals surface area (Å²) in [6.45, 7) is 1.34. The van der Waals surface area contributed by atoms with E-state index in [1.54, 1.807) is 0 Å². The summed E-state index contributed by atoms with van der Waals surface area (Å²) in [5, 5.41) is 15.2. The van der Waals surface area contributed by atoms with Crippen LogP contribution in [0.15, 0.2) is 42.0 Å². The van der Waals surface area contributed by atoms with Crippen LogP contribution in [-0.4, -0.2) is 48.4 Å². The second-order valence-electron chi connectivity index (χ2n) is 5.52. The zero-order valence-electron chi connectivity index (χ0n) is 13.9. The van der Waals surface area contributed by atoms with Gasteiger partial charge in [-0.1, -0.05) is 30.3 Å². The highest BCUT2D eigenvalue weighted by atomic mass is 16.5. The molecule has 0 aromatic heterocycles.